The van der Waals surface area contributed by atoms with Crippen LogP contribution in [0.15, 0.2) is 48.6 Å². The van der Waals surface area contributed by atoms with E-state index >= 15 is 0 Å². The largest absolute Gasteiger partial charge is 0.490 e. The zero-order valence-corrected chi connectivity index (χ0v) is 27.2. The van der Waals surface area contributed by atoms with E-state index in [4.69, 9.17) is 21.1 Å². The molecule has 3 aliphatic carbocycles. The first-order valence-electron chi connectivity index (χ1n) is 16.2. The van der Waals surface area contributed by atoms with E-state index in [1.54, 1.807) is 13.2 Å². The number of allylic oxidation sites excluding steroid dienone is 1. The number of fused-ring (bicyclic) bond motifs is 4. The van der Waals surface area contributed by atoms with Gasteiger partial charge in [0.2, 0.25) is 10.0 Å². The fourth-order valence-electron chi connectivity index (χ4n) is 8.45. The van der Waals surface area contributed by atoms with Crippen LogP contribution in [0, 0.1) is 23.7 Å². The molecule has 0 aromatic heterocycles. The van der Waals surface area contributed by atoms with Gasteiger partial charge in [-0.2, -0.15) is 0 Å². The molecule has 7 nitrogen and oxygen atoms in total. The van der Waals surface area contributed by atoms with Gasteiger partial charge in [0.05, 0.1) is 23.6 Å². The molecule has 1 N–H and O–H groups in total. The number of rotatable bonds is 2. The second-order valence-corrected chi connectivity index (χ2v) is 16.2. The van der Waals surface area contributed by atoms with Gasteiger partial charge in [-0.25, -0.2) is 13.1 Å². The molecule has 9 heteroatoms. The number of carbonyl (C=O) groups excluding carboxylic acids is 1. The molecule has 2 heterocycles. The van der Waals surface area contributed by atoms with Crippen molar-refractivity contribution in [3.8, 4) is 5.75 Å². The molecule has 44 heavy (non-hydrogen) atoms. The van der Waals surface area contributed by atoms with Crippen molar-refractivity contribution in [2.24, 2.45) is 23.7 Å². The van der Waals surface area contributed by atoms with Gasteiger partial charge in [-0.15, -0.1) is 0 Å². The number of benzene rings is 2. The minimum Gasteiger partial charge on any atom is -0.490 e. The second-order valence-electron chi connectivity index (χ2n) is 13.9. The highest BCUT2D eigenvalue weighted by molar-refractivity contribution is 7.90. The SMILES string of the molecule is CO[C@H]1/C=C/C[C@@H](C)[C@H](C2CC2)S(=O)(=O)NC(=O)c2ccc3c(c2)N(C[C@@H]2CC[C@H]21)C[C@@]1(CCCc2cc(Cl)ccc21)CO3. The van der Waals surface area contributed by atoms with Crippen molar-refractivity contribution in [1.29, 1.82) is 0 Å². The van der Waals surface area contributed by atoms with Gasteiger partial charge in [0.25, 0.3) is 5.91 Å². The average Bonchev–Trinajstić information content (AvgIpc) is 3.82. The summed E-state index contributed by atoms with van der Waals surface area (Å²) in [6, 6.07) is 11.6. The minimum atomic E-state index is -3.88. The lowest BCUT2D eigenvalue weighted by atomic mass is 9.68. The number of halogens is 1. The normalized spacial score (nSPS) is 34.0. The quantitative estimate of drug-likeness (QED) is 0.390. The molecule has 0 saturated heterocycles. The molecule has 0 radical (unpaired) electrons. The summed E-state index contributed by atoms with van der Waals surface area (Å²) in [4.78, 5) is 16.0. The van der Waals surface area contributed by atoms with Gasteiger partial charge in [-0.3, -0.25) is 4.79 Å². The Morgan fingerprint density at radius 1 is 1.09 bits per heavy atom. The first kappa shape index (κ1) is 30.1. The molecule has 2 aromatic rings. The Kier molecular flexibility index (Phi) is 7.99. The Hall–Kier alpha value is -2.55. The van der Waals surface area contributed by atoms with Crippen LogP contribution >= 0.6 is 11.6 Å². The third kappa shape index (κ3) is 5.56. The highest BCUT2D eigenvalue weighted by Crippen LogP contribution is 2.47. The van der Waals surface area contributed by atoms with Gasteiger partial charge in [0, 0.05) is 36.2 Å². The lowest BCUT2D eigenvalue weighted by Crippen LogP contribution is -2.49. The monoisotopic (exact) mass is 638 g/mol. The molecular formula is C35H43ClN2O5S. The van der Waals surface area contributed by atoms with E-state index in [0.717, 1.165) is 74.5 Å². The number of nitrogens with zero attached hydrogens (tertiary/aromatic N) is 1. The summed E-state index contributed by atoms with van der Waals surface area (Å²) in [5, 5.41) is 0.144. The van der Waals surface area contributed by atoms with E-state index in [-0.39, 0.29) is 23.4 Å². The van der Waals surface area contributed by atoms with Crippen LogP contribution in [-0.2, 0) is 26.6 Å². The highest BCUT2D eigenvalue weighted by Gasteiger charge is 2.46. The number of methoxy groups -OCH3 is 1. The van der Waals surface area contributed by atoms with Gasteiger partial charge in [-0.05, 0) is 116 Å². The summed E-state index contributed by atoms with van der Waals surface area (Å²) < 4.78 is 42.5. The van der Waals surface area contributed by atoms with Crippen LogP contribution in [0.3, 0.4) is 0 Å². The molecule has 7 rings (SSSR count). The molecule has 2 fully saturated rings. The summed E-state index contributed by atoms with van der Waals surface area (Å²) in [5.41, 5.74) is 3.53. The van der Waals surface area contributed by atoms with E-state index in [1.165, 1.54) is 11.1 Å². The van der Waals surface area contributed by atoms with Gasteiger partial charge in [-0.1, -0.05) is 36.7 Å². The number of anilines is 1. The smallest absolute Gasteiger partial charge is 0.264 e. The maximum atomic E-state index is 13.7. The number of amides is 1. The first-order chi connectivity index (χ1) is 21.2. The Morgan fingerprint density at radius 2 is 1.91 bits per heavy atom. The van der Waals surface area contributed by atoms with E-state index in [9.17, 15) is 13.2 Å². The summed E-state index contributed by atoms with van der Waals surface area (Å²) in [6.45, 7) is 4.07. The zero-order valence-electron chi connectivity index (χ0n) is 25.6. The van der Waals surface area contributed by atoms with Crippen molar-refractivity contribution in [2.45, 2.75) is 75.1 Å². The predicted octanol–water partition coefficient (Wildman–Crippen LogP) is 6.29. The molecule has 6 atom stereocenters. The number of aryl methyl sites for hydroxylation is 1. The van der Waals surface area contributed by atoms with Crippen molar-refractivity contribution >= 4 is 33.2 Å². The maximum Gasteiger partial charge on any atom is 0.264 e. The summed E-state index contributed by atoms with van der Waals surface area (Å²) in [5.74, 6) is 0.903. The van der Waals surface area contributed by atoms with Crippen molar-refractivity contribution in [1.82, 2.24) is 4.72 Å². The lowest BCUT2D eigenvalue weighted by molar-refractivity contribution is 0.0131. The van der Waals surface area contributed by atoms with Crippen molar-refractivity contribution < 1.29 is 22.7 Å². The van der Waals surface area contributed by atoms with Crippen LogP contribution in [0.1, 0.15) is 73.4 Å². The van der Waals surface area contributed by atoms with Crippen molar-refractivity contribution in [3.05, 3.63) is 70.3 Å². The number of ether oxygens (including phenoxy) is 2. The van der Waals surface area contributed by atoms with Crippen LogP contribution in [0.25, 0.3) is 0 Å². The van der Waals surface area contributed by atoms with Crippen molar-refractivity contribution in [3.63, 3.8) is 0 Å². The summed E-state index contributed by atoms with van der Waals surface area (Å²) in [7, 11) is -2.11. The fourth-order valence-corrected chi connectivity index (χ4v) is 10.7. The third-order valence-electron chi connectivity index (χ3n) is 11.0. The minimum absolute atomic E-state index is 0.0231. The molecular weight excluding hydrogens is 596 g/mol. The van der Waals surface area contributed by atoms with Crippen LogP contribution < -0.4 is 14.4 Å². The number of hydrogen-bond donors (Lipinski definition) is 1. The molecule has 2 bridgehead atoms. The molecule has 2 aromatic carbocycles. The van der Waals surface area contributed by atoms with Crippen LogP contribution in [-0.4, -0.2) is 52.5 Å². The Labute approximate surface area is 266 Å². The second kappa shape index (κ2) is 11.7. The van der Waals surface area contributed by atoms with Gasteiger partial charge in [0.15, 0.2) is 0 Å². The maximum absolute atomic E-state index is 13.7. The standard InChI is InChI=1S/C35H43ClN2O5S/c1-22-5-3-7-31(42-2)28-13-10-26(28)19-38-20-35(16-4-6-24-17-27(36)12-14-29(24)35)21-43-32-15-11-25(18-30(32)38)34(39)37-44(40,41)33(22)23-8-9-23/h3,7,11-12,14-15,17-18,22-23,26,28,31,33H,4-6,8-10,13,16,19-21H2,1-2H3,(H,37,39)/b7-3+/t22-,26+,28-,31+,33-,35+/m1/s1. The van der Waals surface area contributed by atoms with E-state index in [2.05, 4.69) is 33.9 Å². The summed E-state index contributed by atoms with van der Waals surface area (Å²) in [6.07, 6.45) is 11.9. The fraction of sp³-hybridized carbons (Fsp3) is 0.571. The van der Waals surface area contributed by atoms with Gasteiger partial charge < -0.3 is 14.4 Å². The number of hydrogen-bond acceptors (Lipinski definition) is 6. The molecule has 2 aliphatic heterocycles. The predicted molar refractivity (Wildman–Crippen MR) is 173 cm³/mol. The number of carbonyl (C=O) groups is 1. The molecule has 1 amide bonds. The topological polar surface area (TPSA) is 84.9 Å². The van der Waals surface area contributed by atoms with Crippen LogP contribution in [0.5, 0.6) is 5.75 Å². The zero-order chi connectivity index (χ0) is 30.6. The molecule has 236 valence electrons. The Morgan fingerprint density at radius 3 is 2.66 bits per heavy atom. The van der Waals surface area contributed by atoms with Crippen LogP contribution in [0.4, 0.5) is 5.69 Å². The van der Waals surface area contributed by atoms with E-state index in [0.29, 0.717) is 30.4 Å². The Bertz CT molecular complexity index is 1570. The molecule has 1 spiro atoms. The lowest BCUT2D eigenvalue weighted by Gasteiger charge is -2.46. The molecule has 5 aliphatic rings. The average molecular weight is 639 g/mol. The van der Waals surface area contributed by atoms with Crippen LogP contribution in [0.2, 0.25) is 5.02 Å². The highest BCUT2D eigenvalue weighted by atomic mass is 35.5. The van der Waals surface area contributed by atoms with Gasteiger partial charge >= 0.3 is 0 Å². The van der Waals surface area contributed by atoms with E-state index in [1.807, 2.05) is 25.1 Å². The Balaban J connectivity index is 1.30. The van der Waals surface area contributed by atoms with Crippen molar-refractivity contribution in [2.75, 3.05) is 31.7 Å². The molecule has 2 saturated carbocycles. The number of sulfonamides is 1. The summed E-state index contributed by atoms with van der Waals surface area (Å²) >= 11 is 6.42. The number of nitrogens with one attached hydrogen (secondary N) is 1. The van der Waals surface area contributed by atoms with E-state index < -0.39 is 21.2 Å². The molecule has 0 unspecified atom stereocenters. The van der Waals surface area contributed by atoms with Gasteiger partial charge in [0.1, 0.15) is 5.75 Å². The first-order valence-corrected chi connectivity index (χ1v) is 18.2. The third-order valence-corrected chi connectivity index (χ3v) is 13.3.